The van der Waals surface area contributed by atoms with Gasteiger partial charge in [0.1, 0.15) is 11.2 Å². The third-order valence-corrected chi connectivity index (χ3v) is 4.13. The topological polar surface area (TPSA) is 43.6 Å². The lowest BCUT2D eigenvalue weighted by atomic mass is 10.2. The quantitative estimate of drug-likeness (QED) is 0.682. The number of pyridine rings is 1. The van der Waals surface area contributed by atoms with Gasteiger partial charge in [0.25, 0.3) is 0 Å². The molecule has 2 heterocycles. The van der Waals surface area contributed by atoms with Gasteiger partial charge in [-0.2, -0.15) is 0 Å². The number of nitrogens with zero attached hydrogens (tertiary/aromatic N) is 4. The van der Waals surface area contributed by atoms with Crippen LogP contribution in [0.25, 0.3) is 11.0 Å². The number of rotatable bonds is 2. The van der Waals surface area contributed by atoms with Crippen molar-refractivity contribution in [2.24, 2.45) is 5.92 Å². The van der Waals surface area contributed by atoms with Crippen LogP contribution < -0.4 is 0 Å². The van der Waals surface area contributed by atoms with Gasteiger partial charge >= 0.3 is 0 Å². The van der Waals surface area contributed by atoms with Crippen LogP contribution in [0.3, 0.4) is 0 Å². The Labute approximate surface area is 133 Å². The molecule has 3 aromatic rings. The molecule has 0 N–H and O–H groups in total. The summed E-state index contributed by atoms with van der Waals surface area (Å²) >= 11 is 6.43. The Hall–Kier alpha value is -2.38. The number of halogens is 1. The highest BCUT2D eigenvalue weighted by Crippen LogP contribution is 2.32. The molecule has 0 bridgehead atoms. The van der Waals surface area contributed by atoms with Crippen molar-refractivity contribution in [3.05, 3.63) is 52.8 Å². The number of hydrogen-bond acceptors (Lipinski definition) is 3. The highest BCUT2D eigenvalue weighted by atomic mass is 35.5. The summed E-state index contributed by atoms with van der Waals surface area (Å²) in [4.78, 5) is 4.18. The normalized spacial score (nSPS) is 13.9. The minimum absolute atomic E-state index is 0.558. The Balaban J connectivity index is 1.71. The highest BCUT2D eigenvalue weighted by Gasteiger charge is 2.23. The van der Waals surface area contributed by atoms with Crippen LogP contribution in [0.15, 0.2) is 36.5 Å². The van der Waals surface area contributed by atoms with Gasteiger partial charge in [0.15, 0.2) is 0 Å². The van der Waals surface area contributed by atoms with Gasteiger partial charge in [-0.15, -0.1) is 5.10 Å². The van der Waals surface area contributed by atoms with Crippen molar-refractivity contribution in [1.82, 2.24) is 20.0 Å². The van der Waals surface area contributed by atoms with Crippen molar-refractivity contribution in [3.8, 4) is 11.8 Å². The van der Waals surface area contributed by atoms with E-state index in [0.717, 1.165) is 34.8 Å². The molecule has 0 radical (unpaired) electrons. The highest BCUT2D eigenvalue weighted by molar-refractivity contribution is 6.36. The smallest absolute Gasteiger partial charge is 0.133 e. The standard InChI is InChI=1S/C17H13ClN4/c18-16-13(6-8-14-3-1-2-10-19-14)7-9-15-17(16)20-21-22(15)11-12-4-5-12/h1-3,7,9-10,12H,4-5,11H2. The fourth-order valence-corrected chi connectivity index (χ4v) is 2.59. The van der Waals surface area contributed by atoms with Crippen molar-refractivity contribution < 1.29 is 0 Å². The van der Waals surface area contributed by atoms with E-state index in [2.05, 4.69) is 27.1 Å². The maximum Gasteiger partial charge on any atom is 0.133 e. The van der Waals surface area contributed by atoms with Crippen molar-refractivity contribution in [1.29, 1.82) is 0 Å². The molecule has 0 unspecified atom stereocenters. The maximum absolute atomic E-state index is 6.43. The summed E-state index contributed by atoms with van der Waals surface area (Å²) in [5.41, 5.74) is 3.16. The molecule has 0 aliphatic heterocycles. The van der Waals surface area contributed by atoms with Crippen LogP contribution in [0.5, 0.6) is 0 Å². The number of benzene rings is 1. The van der Waals surface area contributed by atoms with Crippen molar-refractivity contribution in [2.45, 2.75) is 19.4 Å². The fraction of sp³-hybridized carbons (Fsp3) is 0.235. The Kier molecular flexibility index (Phi) is 3.28. The number of hydrogen-bond donors (Lipinski definition) is 0. The van der Waals surface area contributed by atoms with E-state index < -0.39 is 0 Å². The minimum Gasteiger partial charge on any atom is -0.248 e. The second kappa shape index (κ2) is 5.43. The van der Waals surface area contributed by atoms with E-state index in [4.69, 9.17) is 11.6 Å². The molecule has 5 heteroatoms. The SMILES string of the molecule is Clc1c(C#Cc2ccccn2)ccc2c1nnn2CC1CC1. The van der Waals surface area contributed by atoms with Crippen LogP contribution in [-0.4, -0.2) is 20.0 Å². The molecule has 4 rings (SSSR count). The van der Waals surface area contributed by atoms with Gasteiger partial charge < -0.3 is 0 Å². The maximum atomic E-state index is 6.43. The summed E-state index contributed by atoms with van der Waals surface area (Å²) < 4.78 is 1.94. The van der Waals surface area contributed by atoms with E-state index in [9.17, 15) is 0 Å². The second-order valence-electron chi connectivity index (χ2n) is 5.47. The van der Waals surface area contributed by atoms with E-state index in [1.807, 2.05) is 35.0 Å². The molecule has 2 aromatic heterocycles. The first kappa shape index (κ1) is 13.3. The predicted molar refractivity (Wildman–Crippen MR) is 85.5 cm³/mol. The van der Waals surface area contributed by atoms with Gasteiger partial charge in [-0.05, 0) is 48.9 Å². The summed E-state index contributed by atoms with van der Waals surface area (Å²) in [7, 11) is 0. The van der Waals surface area contributed by atoms with Gasteiger partial charge in [0, 0.05) is 18.3 Å². The van der Waals surface area contributed by atoms with Crippen LogP contribution in [0.4, 0.5) is 0 Å². The van der Waals surface area contributed by atoms with Crippen LogP contribution in [0, 0.1) is 17.8 Å². The Morgan fingerprint density at radius 1 is 1.18 bits per heavy atom. The molecule has 1 aliphatic rings. The minimum atomic E-state index is 0.558. The molecule has 0 saturated heterocycles. The number of fused-ring (bicyclic) bond motifs is 1. The Morgan fingerprint density at radius 2 is 2.09 bits per heavy atom. The summed E-state index contributed by atoms with van der Waals surface area (Å²) in [5, 5.41) is 8.99. The summed E-state index contributed by atoms with van der Waals surface area (Å²) in [6.45, 7) is 0.922. The van der Waals surface area contributed by atoms with Gasteiger partial charge in [-0.25, -0.2) is 9.67 Å². The first-order chi connectivity index (χ1) is 10.8. The second-order valence-corrected chi connectivity index (χ2v) is 5.85. The summed E-state index contributed by atoms with van der Waals surface area (Å²) in [6.07, 6.45) is 4.28. The molecule has 22 heavy (non-hydrogen) atoms. The lowest BCUT2D eigenvalue weighted by Gasteiger charge is -2.01. The van der Waals surface area contributed by atoms with Crippen LogP contribution in [-0.2, 0) is 6.54 Å². The zero-order valence-corrected chi connectivity index (χ0v) is 12.6. The zero-order valence-electron chi connectivity index (χ0n) is 11.8. The molecule has 1 aliphatic carbocycles. The van der Waals surface area contributed by atoms with Crippen molar-refractivity contribution in [2.75, 3.05) is 0 Å². The molecule has 1 saturated carbocycles. The molecule has 0 spiro atoms. The van der Waals surface area contributed by atoms with E-state index in [1.165, 1.54) is 12.8 Å². The first-order valence-corrected chi connectivity index (χ1v) is 7.64. The molecule has 108 valence electrons. The molecular formula is C17H13ClN4. The fourth-order valence-electron chi connectivity index (χ4n) is 2.35. The summed E-state index contributed by atoms with van der Waals surface area (Å²) in [5.74, 6) is 6.82. The van der Waals surface area contributed by atoms with Crippen molar-refractivity contribution in [3.63, 3.8) is 0 Å². The van der Waals surface area contributed by atoms with E-state index >= 15 is 0 Å². The van der Waals surface area contributed by atoms with Crippen LogP contribution in [0.2, 0.25) is 5.02 Å². The molecule has 1 aromatic carbocycles. The molecule has 1 fully saturated rings. The third-order valence-electron chi connectivity index (χ3n) is 3.74. The lowest BCUT2D eigenvalue weighted by molar-refractivity contribution is 0.559. The number of aromatic nitrogens is 4. The average molecular weight is 309 g/mol. The molecule has 0 amide bonds. The zero-order chi connectivity index (χ0) is 14.9. The van der Waals surface area contributed by atoms with Crippen LogP contribution >= 0.6 is 11.6 Å². The first-order valence-electron chi connectivity index (χ1n) is 7.26. The molecule has 0 atom stereocenters. The Bertz CT molecular complexity index is 885. The molecular weight excluding hydrogens is 296 g/mol. The van der Waals surface area contributed by atoms with Gasteiger partial charge in [0.2, 0.25) is 0 Å². The summed E-state index contributed by atoms with van der Waals surface area (Å²) in [6, 6.07) is 9.55. The van der Waals surface area contributed by atoms with E-state index in [1.54, 1.807) is 6.20 Å². The van der Waals surface area contributed by atoms with E-state index in [0.29, 0.717) is 5.02 Å². The van der Waals surface area contributed by atoms with Crippen molar-refractivity contribution >= 4 is 22.6 Å². The lowest BCUT2D eigenvalue weighted by Crippen LogP contribution is -2.01. The monoisotopic (exact) mass is 308 g/mol. The Morgan fingerprint density at radius 3 is 2.86 bits per heavy atom. The van der Waals surface area contributed by atoms with Gasteiger partial charge in [-0.1, -0.05) is 28.8 Å². The predicted octanol–water partition coefficient (Wildman–Crippen LogP) is 3.29. The molecule has 4 nitrogen and oxygen atoms in total. The van der Waals surface area contributed by atoms with E-state index in [-0.39, 0.29) is 0 Å². The van der Waals surface area contributed by atoms with Gasteiger partial charge in [0.05, 0.1) is 10.5 Å². The van der Waals surface area contributed by atoms with Gasteiger partial charge in [-0.3, -0.25) is 0 Å². The average Bonchev–Trinajstić information content (AvgIpc) is 3.27. The third kappa shape index (κ3) is 2.56. The largest absolute Gasteiger partial charge is 0.248 e. The van der Waals surface area contributed by atoms with Crippen LogP contribution in [0.1, 0.15) is 24.1 Å².